The molecule has 2 aliphatic carbocycles. The summed E-state index contributed by atoms with van der Waals surface area (Å²) < 4.78 is 0. The molecule has 0 aromatic heterocycles. The van der Waals surface area contributed by atoms with E-state index in [4.69, 9.17) is 0 Å². The quantitative estimate of drug-likeness (QED) is 0.178. The Balaban J connectivity index is 2.41. The lowest BCUT2D eigenvalue weighted by Crippen LogP contribution is -2.69. The molecule has 3 atom stereocenters. The van der Waals surface area contributed by atoms with Crippen LogP contribution in [0.25, 0.3) is 5.76 Å². The summed E-state index contributed by atoms with van der Waals surface area (Å²) in [4.78, 5) is 42.5. The van der Waals surface area contributed by atoms with Crippen LogP contribution in [0.5, 0.6) is 0 Å². The van der Waals surface area contributed by atoms with Gasteiger partial charge in [0, 0.05) is 5.56 Å². The molecule has 2 aliphatic rings. The van der Waals surface area contributed by atoms with E-state index >= 15 is 0 Å². The van der Waals surface area contributed by atoms with Crippen LogP contribution in [0.1, 0.15) is 58.9 Å². The molecule has 4 heteroatoms. The fourth-order valence-electron chi connectivity index (χ4n) is 5.81. The highest BCUT2D eigenvalue weighted by molar-refractivity contribution is 6.41. The standard InChI is InChI=1S/C29H34O4/c1-7-12-21-18-28(17-15-19(3)4)24(31)22(23(30)20-13-10-9-11-14-20)25(32)29(16-8-2,26(28)33)27(21,5)6/h7-11,13-15,21,30H,1-2,12,16-18H2,3-6H3/b23-22+/t21-,28-,29+/m1/s1. The van der Waals surface area contributed by atoms with Gasteiger partial charge in [0.05, 0.1) is 5.41 Å². The Hall–Kier alpha value is -3.01. The summed E-state index contributed by atoms with van der Waals surface area (Å²) in [6.45, 7) is 15.4. The van der Waals surface area contributed by atoms with E-state index < -0.39 is 27.8 Å². The van der Waals surface area contributed by atoms with Gasteiger partial charge in [0.1, 0.15) is 16.7 Å². The maximum Gasteiger partial charge on any atom is 0.184 e. The average molecular weight is 447 g/mol. The first-order valence-electron chi connectivity index (χ1n) is 11.5. The van der Waals surface area contributed by atoms with E-state index in [0.29, 0.717) is 18.4 Å². The predicted octanol–water partition coefficient (Wildman–Crippen LogP) is 6.20. The predicted molar refractivity (Wildman–Crippen MR) is 131 cm³/mol. The first kappa shape index (κ1) is 24.6. The van der Waals surface area contributed by atoms with Gasteiger partial charge in [0.15, 0.2) is 17.3 Å². The van der Waals surface area contributed by atoms with Crippen molar-refractivity contribution in [2.75, 3.05) is 0 Å². The third-order valence-corrected chi connectivity index (χ3v) is 7.86. The number of carbonyl (C=O) groups excluding carboxylic acids is 3. The van der Waals surface area contributed by atoms with Crippen LogP contribution in [-0.2, 0) is 14.4 Å². The highest BCUT2D eigenvalue weighted by atomic mass is 16.3. The van der Waals surface area contributed by atoms with Crippen LogP contribution in [0.3, 0.4) is 0 Å². The van der Waals surface area contributed by atoms with E-state index in [1.165, 1.54) is 0 Å². The van der Waals surface area contributed by atoms with Crippen molar-refractivity contribution in [3.05, 3.63) is 78.4 Å². The zero-order chi connectivity index (χ0) is 24.6. The Bertz CT molecular complexity index is 1070. The number of carbonyl (C=O) groups is 3. The van der Waals surface area contributed by atoms with Crippen molar-refractivity contribution in [2.24, 2.45) is 22.2 Å². The molecule has 1 aromatic carbocycles. The summed E-state index contributed by atoms with van der Waals surface area (Å²) in [5.74, 6) is -1.96. The zero-order valence-electron chi connectivity index (χ0n) is 20.1. The van der Waals surface area contributed by atoms with Crippen LogP contribution in [0, 0.1) is 22.2 Å². The molecule has 174 valence electrons. The molecule has 0 spiro atoms. The van der Waals surface area contributed by atoms with Crippen molar-refractivity contribution in [1.29, 1.82) is 0 Å². The van der Waals surface area contributed by atoms with Gasteiger partial charge in [-0.1, -0.05) is 68.0 Å². The fourth-order valence-corrected chi connectivity index (χ4v) is 5.81. The van der Waals surface area contributed by atoms with Crippen molar-refractivity contribution in [2.45, 2.75) is 53.4 Å². The maximum atomic E-state index is 14.3. The van der Waals surface area contributed by atoms with Crippen LogP contribution < -0.4 is 0 Å². The molecule has 0 radical (unpaired) electrons. The number of allylic oxidation sites excluding steroid dienone is 5. The van der Waals surface area contributed by atoms with Crippen molar-refractivity contribution >= 4 is 23.1 Å². The molecule has 4 nitrogen and oxygen atoms in total. The molecule has 3 rings (SSSR count). The lowest BCUT2D eigenvalue weighted by Gasteiger charge is -2.60. The number of hydrogen-bond donors (Lipinski definition) is 1. The van der Waals surface area contributed by atoms with Crippen LogP contribution in [0.2, 0.25) is 0 Å². The molecule has 0 heterocycles. The number of aliphatic hydroxyl groups excluding tert-OH is 1. The Kier molecular flexibility index (Phi) is 6.52. The third kappa shape index (κ3) is 3.47. The summed E-state index contributed by atoms with van der Waals surface area (Å²) in [6.07, 6.45) is 6.49. The van der Waals surface area contributed by atoms with Crippen molar-refractivity contribution in [3.63, 3.8) is 0 Å². The number of hydrogen-bond acceptors (Lipinski definition) is 4. The largest absolute Gasteiger partial charge is 0.506 e. The smallest absolute Gasteiger partial charge is 0.184 e. The van der Waals surface area contributed by atoms with E-state index in [1.807, 2.05) is 33.8 Å². The Morgan fingerprint density at radius 1 is 1.03 bits per heavy atom. The van der Waals surface area contributed by atoms with E-state index in [2.05, 4.69) is 13.2 Å². The zero-order valence-corrected chi connectivity index (χ0v) is 20.1. The third-order valence-electron chi connectivity index (χ3n) is 7.86. The van der Waals surface area contributed by atoms with Gasteiger partial charge in [-0.3, -0.25) is 14.4 Å². The number of aliphatic hydroxyl groups is 1. The second-order valence-electron chi connectivity index (χ2n) is 10.2. The minimum absolute atomic E-state index is 0.105. The van der Waals surface area contributed by atoms with Gasteiger partial charge >= 0.3 is 0 Å². The molecular formula is C29H34O4. The van der Waals surface area contributed by atoms with Crippen LogP contribution in [0.15, 0.2) is 72.9 Å². The van der Waals surface area contributed by atoms with Crippen molar-refractivity contribution < 1.29 is 19.5 Å². The van der Waals surface area contributed by atoms with E-state index in [1.54, 1.807) is 42.5 Å². The molecule has 33 heavy (non-hydrogen) atoms. The van der Waals surface area contributed by atoms with E-state index in [0.717, 1.165) is 5.57 Å². The lowest BCUT2D eigenvalue weighted by molar-refractivity contribution is -0.176. The van der Waals surface area contributed by atoms with Gasteiger partial charge in [-0.25, -0.2) is 0 Å². The normalized spacial score (nSPS) is 29.9. The van der Waals surface area contributed by atoms with Gasteiger partial charge in [0.25, 0.3) is 0 Å². The molecule has 1 aromatic rings. The topological polar surface area (TPSA) is 71.4 Å². The van der Waals surface area contributed by atoms with Gasteiger partial charge in [-0.2, -0.15) is 0 Å². The Morgan fingerprint density at radius 3 is 2.21 bits per heavy atom. The van der Waals surface area contributed by atoms with E-state index in [9.17, 15) is 19.5 Å². The number of benzene rings is 1. The van der Waals surface area contributed by atoms with Gasteiger partial charge in [-0.05, 0) is 50.9 Å². The first-order chi connectivity index (χ1) is 15.5. The summed E-state index contributed by atoms with van der Waals surface area (Å²) in [5.41, 5.74) is -2.54. The Labute approximate surface area is 196 Å². The molecule has 0 saturated heterocycles. The number of fused-ring (bicyclic) bond motifs is 2. The molecule has 0 aliphatic heterocycles. The second-order valence-corrected chi connectivity index (χ2v) is 10.2. The highest BCUT2D eigenvalue weighted by Gasteiger charge is 2.73. The second kappa shape index (κ2) is 8.74. The summed E-state index contributed by atoms with van der Waals surface area (Å²) in [7, 11) is 0. The summed E-state index contributed by atoms with van der Waals surface area (Å²) in [6, 6.07) is 8.58. The average Bonchev–Trinajstić information content (AvgIpc) is 2.77. The molecule has 1 N–H and O–H groups in total. The molecule has 2 bridgehead atoms. The van der Waals surface area contributed by atoms with Gasteiger partial charge in [0.2, 0.25) is 0 Å². The molecule has 2 saturated carbocycles. The van der Waals surface area contributed by atoms with Crippen LogP contribution >= 0.6 is 0 Å². The van der Waals surface area contributed by atoms with E-state index in [-0.39, 0.29) is 35.9 Å². The van der Waals surface area contributed by atoms with Crippen molar-refractivity contribution in [1.82, 2.24) is 0 Å². The van der Waals surface area contributed by atoms with Gasteiger partial charge < -0.3 is 5.11 Å². The van der Waals surface area contributed by atoms with Crippen LogP contribution in [-0.4, -0.2) is 22.5 Å². The first-order valence-corrected chi connectivity index (χ1v) is 11.5. The van der Waals surface area contributed by atoms with Gasteiger partial charge in [-0.15, -0.1) is 13.2 Å². The monoisotopic (exact) mass is 446 g/mol. The SMILES string of the molecule is C=CC[C@@H]1C[C@]2(CC=C(C)C)C(=O)/C(=C(\O)c3ccccc3)C(=O)[C@@](CC=C)(C2=O)C1(C)C. The maximum absolute atomic E-state index is 14.3. The fraction of sp³-hybridized carbons (Fsp3) is 0.414. The number of ketones is 3. The summed E-state index contributed by atoms with van der Waals surface area (Å²) >= 11 is 0. The Morgan fingerprint density at radius 2 is 1.67 bits per heavy atom. The minimum Gasteiger partial charge on any atom is -0.506 e. The molecule has 2 fully saturated rings. The van der Waals surface area contributed by atoms with Crippen molar-refractivity contribution in [3.8, 4) is 0 Å². The van der Waals surface area contributed by atoms with Crippen LogP contribution in [0.4, 0.5) is 0 Å². The lowest BCUT2D eigenvalue weighted by atomic mass is 9.39. The number of rotatable bonds is 7. The molecule has 0 amide bonds. The number of Topliss-reactive ketones (excluding diaryl/α,β-unsaturated/α-hetero) is 3. The molecule has 0 unspecified atom stereocenters. The molecular weight excluding hydrogens is 412 g/mol. The summed E-state index contributed by atoms with van der Waals surface area (Å²) in [5, 5.41) is 11.2. The minimum atomic E-state index is -1.48. The highest BCUT2D eigenvalue weighted by Crippen LogP contribution is 2.65.